The molecule has 0 saturated heterocycles. The summed E-state index contributed by atoms with van der Waals surface area (Å²) < 4.78 is 10.4. The van der Waals surface area contributed by atoms with Gasteiger partial charge in [-0.05, 0) is 29.3 Å². The van der Waals surface area contributed by atoms with Gasteiger partial charge in [-0.15, -0.1) is 0 Å². The van der Waals surface area contributed by atoms with Crippen LogP contribution in [-0.4, -0.2) is 19.3 Å². The Morgan fingerprint density at radius 1 is 0.947 bits per heavy atom. The number of hydrogen-bond acceptors (Lipinski definition) is 3. The zero-order valence-corrected chi connectivity index (χ0v) is 11.2. The molecule has 1 atom stereocenters. The van der Waals surface area contributed by atoms with Crippen LogP contribution in [0, 0.1) is 0 Å². The van der Waals surface area contributed by atoms with Crippen molar-refractivity contribution >= 4 is 0 Å². The van der Waals surface area contributed by atoms with E-state index in [2.05, 4.69) is 0 Å². The predicted octanol–water partition coefficient (Wildman–Crippen LogP) is 2.98. The van der Waals surface area contributed by atoms with Crippen molar-refractivity contribution in [3.05, 3.63) is 59.7 Å². The van der Waals surface area contributed by atoms with E-state index in [1.807, 2.05) is 48.5 Å². The molecule has 0 spiro atoms. The summed E-state index contributed by atoms with van der Waals surface area (Å²) in [5, 5.41) is 10.3. The summed E-state index contributed by atoms with van der Waals surface area (Å²) >= 11 is 0. The van der Waals surface area contributed by atoms with Gasteiger partial charge in [0.15, 0.2) is 0 Å². The molecular weight excluding hydrogens is 240 g/mol. The molecule has 0 amide bonds. The van der Waals surface area contributed by atoms with Gasteiger partial charge in [0.2, 0.25) is 0 Å². The smallest absolute Gasteiger partial charge is 0.122 e. The first-order valence-electron chi connectivity index (χ1n) is 6.18. The Morgan fingerprint density at radius 3 is 2.26 bits per heavy atom. The van der Waals surface area contributed by atoms with Crippen molar-refractivity contribution in [2.24, 2.45) is 0 Å². The zero-order valence-electron chi connectivity index (χ0n) is 11.2. The van der Waals surface area contributed by atoms with E-state index < -0.39 is 6.10 Å². The Labute approximate surface area is 113 Å². The highest BCUT2D eigenvalue weighted by molar-refractivity contribution is 5.35. The number of methoxy groups -OCH3 is 2. The number of hydrogen-bond donors (Lipinski definition) is 1. The number of aliphatic hydroxyl groups is 1. The first kappa shape index (κ1) is 13.4. The third kappa shape index (κ3) is 3.26. The molecule has 0 heterocycles. The van der Waals surface area contributed by atoms with Gasteiger partial charge in [-0.1, -0.05) is 30.3 Å². The van der Waals surface area contributed by atoms with Crippen molar-refractivity contribution in [1.29, 1.82) is 0 Å². The van der Waals surface area contributed by atoms with E-state index in [-0.39, 0.29) is 0 Å². The number of aliphatic hydroxyl groups excluding tert-OH is 1. The molecule has 1 N–H and O–H groups in total. The number of ether oxygens (including phenoxy) is 2. The molecule has 0 aliphatic carbocycles. The van der Waals surface area contributed by atoms with Crippen LogP contribution in [0.2, 0.25) is 0 Å². The molecule has 100 valence electrons. The third-order valence-corrected chi connectivity index (χ3v) is 3.11. The summed E-state index contributed by atoms with van der Waals surface area (Å²) in [5.74, 6) is 1.59. The second kappa shape index (κ2) is 6.25. The van der Waals surface area contributed by atoms with Crippen molar-refractivity contribution in [3.8, 4) is 11.5 Å². The second-order valence-electron chi connectivity index (χ2n) is 4.30. The van der Waals surface area contributed by atoms with E-state index in [1.165, 1.54) is 0 Å². The van der Waals surface area contributed by atoms with Crippen LogP contribution in [0.25, 0.3) is 0 Å². The number of benzene rings is 2. The van der Waals surface area contributed by atoms with Gasteiger partial charge in [0, 0.05) is 6.42 Å². The van der Waals surface area contributed by atoms with E-state index >= 15 is 0 Å². The lowest BCUT2D eigenvalue weighted by atomic mass is 10.0. The van der Waals surface area contributed by atoms with Crippen LogP contribution in [0.3, 0.4) is 0 Å². The molecule has 0 aliphatic heterocycles. The van der Waals surface area contributed by atoms with Crippen molar-refractivity contribution in [1.82, 2.24) is 0 Å². The standard InChI is InChI=1S/C16H18O3/c1-18-14-9-7-12(8-10-14)15(17)11-13-5-3-4-6-16(13)19-2/h3-10,15,17H,11H2,1-2H3. The Balaban J connectivity index is 2.13. The summed E-state index contributed by atoms with van der Waals surface area (Å²) in [5.41, 5.74) is 1.86. The fourth-order valence-corrected chi connectivity index (χ4v) is 2.02. The summed E-state index contributed by atoms with van der Waals surface area (Å²) in [7, 11) is 3.26. The first-order valence-corrected chi connectivity index (χ1v) is 6.18. The van der Waals surface area contributed by atoms with Gasteiger partial charge < -0.3 is 14.6 Å². The van der Waals surface area contributed by atoms with Crippen LogP contribution >= 0.6 is 0 Å². The maximum absolute atomic E-state index is 10.3. The minimum absolute atomic E-state index is 0.524. The van der Waals surface area contributed by atoms with Crippen LogP contribution in [0.4, 0.5) is 0 Å². The number of rotatable bonds is 5. The van der Waals surface area contributed by atoms with Gasteiger partial charge in [-0.25, -0.2) is 0 Å². The summed E-state index contributed by atoms with van der Waals surface area (Å²) in [4.78, 5) is 0. The highest BCUT2D eigenvalue weighted by Crippen LogP contribution is 2.25. The van der Waals surface area contributed by atoms with E-state index in [9.17, 15) is 5.11 Å². The van der Waals surface area contributed by atoms with Crippen LogP contribution < -0.4 is 9.47 Å². The predicted molar refractivity (Wildman–Crippen MR) is 74.7 cm³/mol. The Bertz CT molecular complexity index is 520. The molecule has 0 saturated carbocycles. The average molecular weight is 258 g/mol. The van der Waals surface area contributed by atoms with Crippen LogP contribution in [-0.2, 0) is 6.42 Å². The maximum Gasteiger partial charge on any atom is 0.122 e. The molecule has 3 heteroatoms. The SMILES string of the molecule is COc1ccc(C(O)Cc2ccccc2OC)cc1. The quantitative estimate of drug-likeness (QED) is 0.896. The fourth-order valence-electron chi connectivity index (χ4n) is 2.02. The second-order valence-corrected chi connectivity index (χ2v) is 4.30. The molecule has 0 radical (unpaired) electrons. The molecule has 0 fully saturated rings. The normalized spacial score (nSPS) is 11.9. The van der Waals surface area contributed by atoms with Crippen molar-refractivity contribution in [2.75, 3.05) is 14.2 Å². The van der Waals surface area contributed by atoms with Gasteiger partial charge in [-0.2, -0.15) is 0 Å². The zero-order chi connectivity index (χ0) is 13.7. The lowest BCUT2D eigenvalue weighted by molar-refractivity contribution is 0.177. The largest absolute Gasteiger partial charge is 0.497 e. The summed E-state index contributed by atoms with van der Waals surface area (Å²) in [6.07, 6.45) is -0.0294. The molecule has 0 bridgehead atoms. The van der Waals surface area contributed by atoms with Gasteiger partial charge >= 0.3 is 0 Å². The van der Waals surface area contributed by atoms with E-state index in [0.717, 1.165) is 22.6 Å². The van der Waals surface area contributed by atoms with Gasteiger partial charge in [0.05, 0.1) is 20.3 Å². The Hall–Kier alpha value is -2.00. The maximum atomic E-state index is 10.3. The highest BCUT2D eigenvalue weighted by atomic mass is 16.5. The lowest BCUT2D eigenvalue weighted by Crippen LogP contribution is -2.03. The van der Waals surface area contributed by atoms with E-state index in [1.54, 1.807) is 14.2 Å². The van der Waals surface area contributed by atoms with Crippen molar-refractivity contribution in [2.45, 2.75) is 12.5 Å². The molecular formula is C16H18O3. The molecule has 0 aromatic heterocycles. The molecule has 2 aromatic rings. The van der Waals surface area contributed by atoms with E-state index in [0.29, 0.717) is 6.42 Å². The molecule has 2 rings (SSSR count). The molecule has 0 aliphatic rings. The molecule has 1 unspecified atom stereocenters. The average Bonchev–Trinajstić information content (AvgIpc) is 2.48. The van der Waals surface area contributed by atoms with Gasteiger partial charge in [0.1, 0.15) is 11.5 Å². The molecule has 3 nitrogen and oxygen atoms in total. The molecule has 2 aromatic carbocycles. The fraction of sp³-hybridized carbons (Fsp3) is 0.250. The minimum Gasteiger partial charge on any atom is -0.497 e. The highest BCUT2D eigenvalue weighted by Gasteiger charge is 2.11. The number of para-hydroxylation sites is 1. The monoisotopic (exact) mass is 258 g/mol. The third-order valence-electron chi connectivity index (χ3n) is 3.11. The first-order chi connectivity index (χ1) is 9.24. The lowest BCUT2D eigenvalue weighted by Gasteiger charge is -2.14. The van der Waals surface area contributed by atoms with E-state index in [4.69, 9.17) is 9.47 Å². The summed E-state index contributed by atoms with van der Waals surface area (Å²) in [6.45, 7) is 0. The van der Waals surface area contributed by atoms with Crippen LogP contribution in [0.15, 0.2) is 48.5 Å². The van der Waals surface area contributed by atoms with Crippen molar-refractivity contribution in [3.63, 3.8) is 0 Å². The Kier molecular flexibility index (Phi) is 4.42. The Morgan fingerprint density at radius 2 is 1.63 bits per heavy atom. The van der Waals surface area contributed by atoms with Crippen molar-refractivity contribution < 1.29 is 14.6 Å². The minimum atomic E-state index is -0.554. The van der Waals surface area contributed by atoms with Crippen LogP contribution in [0.1, 0.15) is 17.2 Å². The van der Waals surface area contributed by atoms with Crippen LogP contribution in [0.5, 0.6) is 11.5 Å². The summed E-state index contributed by atoms with van der Waals surface area (Å²) in [6, 6.07) is 15.2. The van der Waals surface area contributed by atoms with Gasteiger partial charge in [-0.3, -0.25) is 0 Å². The topological polar surface area (TPSA) is 38.7 Å². The molecule has 19 heavy (non-hydrogen) atoms. The van der Waals surface area contributed by atoms with Gasteiger partial charge in [0.25, 0.3) is 0 Å².